The molecule has 1 N–H and O–H groups in total. The van der Waals surface area contributed by atoms with Crippen molar-refractivity contribution < 1.29 is 30.0 Å². The van der Waals surface area contributed by atoms with E-state index in [-0.39, 0.29) is 42.5 Å². The average molecular weight is 836 g/mol. The minimum atomic E-state index is -0.337. The molecule has 4 nitrogen and oxygen atoms in total. The Bertz CT molecular complexity index is 2090. The monoisotopic (exact) mass is 836 g/mol. The molecule has 0 aliphatic heterocycles. The zero-order valence-electron chi connectivity index (χ0n) is 29.4. The van der Waals surface area contributed by atoms with Crippen molar-refractivity contribution in [2.45, 2.75) is 87.0 Å². The van der Waals surface area contributed by atoms with E-state index < -0.39 is 0 Å². The molecule has 0 saturated heterocycles. The summed E-state index contributed by atoms with van der Waals surface area (Å²) in [7, 11) is 0. The molecule has 6 heteroatoms. The van der Waals surface area contributed by atoms with Gasteiger partial charge < -0.3 is 5.11 Å². The van der Waals surface area contributed by atoms with E-state index in [2.05, 4.69) is 86.6 Å². The third-order valence-corrected chi connectivity index (χ3v) is 11.6. The van der Waals surface area contributed by atoms with Gasteiger partial charge in [-0.2, -0.15) is 0 Å². The van der Waals surface area contributed by atoms with Crippen LogP contribution in [0.2, 0.25) is 0 Å². The number of thiophene rings is 1. The molecule has 0 aliphatic carbocycles. The second-order valence-corrected chi connectivity index (χ2v) is 14.5. The fourth-order valence-corrected chi connectivity index (χ4v) is 7.30. The van der Waals surface area contributed by atoms with Gasteiger partial charge in [0, 0.05) is 57.5 Å². The average Bonchev–Trinajstić information content (AvgIpc) is 3.50. The summed E-state index contributed by atoms with van der Waals surface area (Å²) in [5, 5.41) is 16.3. The summed E-state index contributed by atoms with van der Waals surface area (Å²) in [6, 6.07) is 27.2. The molecule has 48 heavy (non-hydrogen) atoms. The van der Waals surface area contributed by atoms with Gasteiger partial charge in [0.25, 0.3) is 0 Å². The van der Waals surface area contributed by atoms with E-state index in [4.69, 9.17) is 9.97 Å². The number of carbonyl (C=O) groups is 1. The van der Waals surface area contributed by atoms with E-state index in [1.807, 2.05) is 41.5 Å². The molecule has 0 unspecified atom stereocenters. The molecule has 0 bridgehead atoms. The topological polar surface area (TPSA) is 63.1 Å². The van der Waals surface area contributed by atoms with Crippen LogP contribution in [0.1, 0.15) is 92.6 Å². The first-order valence-electron chi connectivity index (χ1n) is 17.0. The number of ketones is 1. The van der Waals surface area contributed by atoms with Crippen LogP contribution in [0.3, 0.4) is 0 Å². The number of carbonyl (C=O) groups excluding carboxylic acids is 1. The predicted molar refractivity (Wildman–Crippen MR) is 201 cm³/mol. The summed E-state index contributed by atoms with van der Waals surface area (Å²) >= 11 is 1.77. The molecule has 0 fully saturated rings. The molecule has 0 amide bonds. The molecule has 0 spiro atoms. The van der Waals surface area contributed by atoms with Crippen molar-refractivity contribution >= 4 is 59.0 Å². The third kappa shape index (κ3) is 6.99. The molecular formula is C42H47IrN2O2S-. The van der Waals surface area contributed by atoms with Crippen molar-refractivity contribution in [3.63, 3.8) is 0 Å². The van der Waals surface area contributed by atoms with Crippen molar-refractivity contribution in [1.82, 2.24) is 9.97 Å². The van der Waals surface area contributed by atoms with Crippen LogP contribution >= 0.6 is 11.3 Å². The van der Waals surface area contributed by atoms with Gasteiger partial charge >= 0.3 is 0 Å². The minimum absolute atomic E-state index is 0. The van der Waals surface area contributed by atoms with Gasteiger partial charge in [-0.25, -0.2) is 4.98 Å². The normalized spacial score (nSPS) is 12.4. The Morgan fingerprint density at radius 3 is 2.08 bits per heavy atom. The Morgan fingerprint density at radius 1 is 0.854 bits per heavy atom. The maximum atomic E-state index is 12.2. The number of aromatic nitrogens is 2. The van der Waals surface area contributed by atoms with Crippen LogP contribution in [0.25, 0.3) is 53.1 Å². The van der Waals surface area contributed by atoms with Crippen LogP contribution in [0.5, 0.6) is 0 Å². The molecule has 253 valence electrons. The van der Waals surface area contributed by atoms with Gasteiger partial charge in [-0.3, -0.25) is 9.78 Å². The fourth-order valence-electron chi connectivity index (χ4n) is 6.13. The number of hydrogen-bond acceptors (Lipinski definition) is 5. The van der Waals surface area contributed by atoms with E-state index in [1.165, 1.54) is 43.3 Å². The van der Waals surface area contributed by atoms with Crippen LogP contribution < -0.4 is 0 Å². The van der Waals surface area contributed by atoms with Gasteiger partial charge in [0.05, 0.1) is 5.52 Å². The molecular weight excluding hydrogens is 789 g/mol. The number of aliphatic hydroxyl groups excluding tert-OH is 1. The standard InChI is InChI=1S/C27H19N2S.C15H28O2.Ir/c1-16(2)18-12-13-22(21-10-6-5-9-20(18)21)25-27-26(29-15-28-25)24-19-8-4-3-7-17(19)11-14-23(24)30-27;1-7-14(5,8-2)12(16)11-13(17)15(6,9-3)10-4;/h3-12,14-16H,1-2H3;11,16H,7-10H2,1-6H3;/q-1;;/b;12-11-;. The number of benzene rings is 4. The summed E-state index contributed by atoms with van der Waals surface area (Å²) in [6.45, 7) is 16.5. The second kappa shape index (κ2) is 15.4. The minimum Gasteiger partial charge on any atom is -0.512 e. The van der Waals surface area contributed by atoms with E-state index >= 15 is 0 Å². The summed E-state index contributed by atoms with van der Waals surface area (Å²) in [5.41, 5.74) is 3.77. The second-order valence-electron chi connectivity index (χ2n) is 13.4. The number of allylic oxidation sites excluding steroid dienone is 2. The van der Waals surface area contributed by atoms with Crippen molar-refractivity contribution in [2.75, 3.05) is 0 Å². The van der Waals surface area contributed by atoms with Crippen LogP contribution in [0, 0.1) is 16.9 Å². The number of fused-ring (bicyclic) bond motifs is 6. The summed E-state index contributed by atoms with van der Waals surface area (Å²) in [4.78, 5) is 21.6. The van der Waals surface area contributed by atoms with E-state index in [0.29, 0.717) is 5.92 Å². The Kier molecular flexibility index (Phi) is 12.0. The Labute approximate surface area is 303 Å². The van der Waals surface area contributed by atoms with Gasteiger partial charge in [0.1, 0.15) is 12.1 Å². The van der Waals surface area contributed by atoms with Crippen molar-refractivity contribution in [3.8, 4) is 11.3 Å². The summed E-state index contributed by atoms with van der Waals surface area (Å²) in [5.74, 6) is 0.732. The van der Waals surface area contributed by atoms with Crippen LogP contribution in [0.15, 0.2) is 84.9 Å². The van der Waals surface area contributed by atoms with Crippen LogP contribution in [-0.4, -0.2) is 20.9 Å². The van der Waals surface area contributed by atoms with Gasteiger partial charge in [-0.1, -0.05) is 127 Å². The Hall–Kier alpha value is -3.44. The smallest absolute Gasteiger partial charge is 0.164 e. The maximum Gasteiger partial charge on any atom is 0.164 e. The number of rotatable bonds is 9. The molecule has 0 saturated carbocycles. The Morgan fingerprint density at radius 2 is 1.46 bits per heavy atom. The van der Waals surface area contributed by atoms with E-state index in [1.54, 1.807) is 17.7 Å². The van der Waals surface area contributed by atoms with Gasteiger partial charge in [0.2, 0.25) is 0 Å². The van der Waals surface area contributed by atoms with Crippen LogP contribution in [0.4, 0.5) is 0 Å². The Balaban J connectivity index is 0.000000251. The molecule has 2 aromatic heterocycles. The summed E-state index contributed by atoms with van der Waals surface area (Å²) in [6.07, 6.45) is 6.45. The van der Waals surface area contributed by atoms with Crippen LogP contribution in [-0.2, 0) is 24.9 Å². The van der Waals surface area contributed by atoms with E-state index in [0.717, 1.165) is 47.2 Å². The van der Waals surface area contributed by atoms with E-state index in [9.17, 15) is 9.90 Å². The number of nitrogens with zero attached hydrogens (tertiary/aromatic N) is 2. The molecule has 0 aliphatic rings. The summed E-state index contributed by atoms with van der Waals surface area (Å²) < 4.78 is 2.37. The van der Waals surface area contributed by atoms with Crippen molar-refractivity contribution in [2.24, 2.45) is 10.8 Å². The fraction of sp³-hybridized carbons (Fsp3) is 0.357. The number of aliphatic hydroxyl groups is 1. The molecule has 0 atom stereocenters. The maximum absolute atomic E-state index is 12.2. The SMILES string of the molecule is CC(C)c1c[c-]c(-c2ncnc3c2sc2ccc4ccccc4c23)c2ccccc12.CCC(C)(CC)C(=O)/C=C(\O)C(C)(CC)CC.[Ir]. The predicted octanol–water partition coefficient (Wildman–Crippen LogP) is 12.4. The zero-order valence-corrected chi connectivity index (χ0v) is 32.6. The first kappa shape index (κ1) is 37.4. The van der Waals surface area contributed by atoms with Crippen molar-refractivity contribution in [3.05, 3.63) is 96.5 Å². The molecule has 6 rings (SSSR count). The molecule has 4 aromatic carbocycles. The van der Waals surface area contributed by atoms with Gasteiger partial charge in [0.15, 0.2) is 5.78 Å². The largest absolute Gasteiger partial charge is 0.512 e. The zero-order chi connectivity index (χ0) is 33.9. The third-order valence-electron chi connectivity index (χ3n) is 10.5. The first-order valence-corrected chi connectivity index (χ1v) is 17.8. The molecule has 2 heterocycles. The quantitative estimate of drug-likeness (QED) is 0.0895. The van der Waals surface area contributed by atoms with Gasteiger partial charge in [-0.05, 0) is 42.5 Å². The number of hydrogen-bond donors (Lipinski definition) is 1. The molecule has 1 radical (unpaired) electrons. The van der Waals surface area contributed by atoms with Crippen molar-refractivity contribution in [1.29, 1.82) is 0 Å². The molecule has 6 aromatic rings. The van der Waals surface area contributed by atoms with Gasteiger partial charge in [-0.15, -0.1) is 34.6 Å². The first-order chi connectivity index (χ1) is 22.5.